The standard InChI is InChI=1S/C30H19F2N3/c31-24-10-4-18(5-11-24)26-14-8-22-16-20-2-1-3-21-17-23-9-15-27(19-6-12-25(32)13-7-19)34-30(23)35(28(20)21)29(22)33-26/h1-15H,16-17H2. The first-order valence-corrected chi connectivity index (χ1v) is 11.6. The van der Waals surface area contributed by atoms with Crippen molar-refractivity contribution in [3.63, 3.8) is 0 Å². The van der Waals surface area contributed by atoms with Gasteiger partial charge in [0.15, 0.2) is 0 Å². The fraction of sp³-hybridized carbons (Fsp3) is 0.0667. The lowest BCUT2D eigenvalue weighted by Gasteiger charge is -2.37. The molecule has 0 radical (unpaired) electrons. The maximum atomic E-state index is 13.5. The van der Waals surface area contributed by atoms with Gasteiger partial charge in [-0.05, 0) is 82.9 Å². The van der Waals surface area contributed by atoms with Gasteiger partial charge in [-0.1, -0.05) is 30.3 Å². The summed E-state index contributed by atoms with van der Waals surface area (Å²) in [7, 11) is 0. The zero-order valence-electron chi connectivity index (χ0n) is 18.7. The van der Waals surface area contributed by atoms with Gasteiger partial charge >= 0.3 is 0 Å². The number of hydrogen-bond donors (Lipinski definition) is 0. The topological polar surface area (TPSA) is 29.0 Å². The zero-order chi connectivity index (χ0) is 23.5. The summed E-state index contributed by atoms with van der Waals surface area (Å²) in [5.41, 5.74) is 9.14. The third-order valence-electron chi connectivity index (χ3n) is 6.80. The Labute approximate surface area is 201 Å². The lowest BCUT2D eigenvalue weighted by molar-refractivity contribution is 0.627. The Morgan fingerprint density at radius 2 is 0.971 bits per heavy atom. The summed E-state index contributed by atoms with van der Waals surface area (Å²) < 4.78 is 27.0. The van der Waals surface area contributed by atoms with Gasteiger partial charge in [-0.15, -0.1) is 0 Å². The lowest BCUT2D eigenvalue weighted by atomic mass is 9.89. The highest BCUT2D eigenvalue weighted by Gasteiger charge is 2.33. The lowest BCUT2D eigenvalue weighted by Crippen LogP contribution is -2.26. The van der Waals surface area contributed by atoms with E-state index >= 15 is 0 Å². The van der Waals surface area contributed by atoms with Crippen molar-refractivity contribution in [1.82, 2.24) is 9.97 Å². The van der Waals surface area contributed by atoms with Gasteiger partial charge in [0.25, 0.3) is 0 Å². The first-order valence-electron chi connectivity index (χ1n) is 11.6. The van der Waals surface area contributed by atoms with Crippen LogP contribution in [0.1, 0.15) is 22.3 Å². The highest BCUT2D eigenvalue weighted by molar-refractivity contribution is 5.87. The second-order valence-corrected chi connectivity index (χ2v) is 8.99. The van der Waals surface area contributed by atoms with Crippen molar-refractivity contribution in [3.8, 4) is 22.5 Å². The molecule has 3 aromatic carbocycles. The van der Waals surface area contributed by atoms with Gasteiger partial charge in [-0.3, -0.25) is 4.90 Å². The normalized spacial score (nSPS) is 13.1. The number of fused-ring (bicyclic) bond motifs is 4. The van der Waals surface area contributed by atoms with Crippen molar-refractivity contribution in [2.24, 2.45) is 0 Å². The molecule has 35 heavy (non-hydrogen) atoms. The van der Waals surface area contributed by atoms with E-state index in [9.17, 15) is 8.78 Å². The molecular formula is C30H19F2N3. The minimum atomic E-state index is -0.271. The smallest absolute Gasteiger partial charge is 0.143 e. The minimum absolute atomic E-state index is 0.271. The molecule has 0 saturated heterocycles. The average Bonchev–Trinajstić information content (AvgIpc) is 2.89. The summed E-state index contributed by atoms with van der Waals surface area (Å²) in [6.45, 7) is 0. The molecule has 0 N–H and O–H groups in total. The van der Waals surface area contributed by atoms with Crippen LogP contribution in [0.4, 0.5) is 26.1 Å². The van der Waals surface area contributed by atoms with Crippen molar-refractivity contribution in [3.05, 3.63) is 125 Å². The van der Waals surface area contributed by atoms with Crippen LogP contribution in [0.3, 0.4) is 0 Å². The van der Waals surface area contributed by atoms with Crippen molar-refractivity contribution in [1.29, 1.82) is 0 Å². The first-order chi connectivity index (χ1) is 17.1. The SMILES string of the molecule is Fc1ccc(-c2ccc3c(n2)N2c4nc(-c5ccc(F)cc5)ccc4Cc4cccc(c42)C3)cc1. The minimum Gasteiger partial charge on any atom is -0.278 e. The summed E-state index contributed by atoms with van der Waals surface area (Å²) in [5.74, 6) is 1.15. The number of anilines is 3. The van der Waals surface area contributed by atoms with Crippen LogP contribution in [0.2, 0.25) is 0 Å². The van der Waals surface area contributed by atoms with Crippen molar-refractivity contribution in [2.45, 2.75) is 12.8 Å². The van der Waals surface area contributed by atoms with Gasteiger partial charge in [0, 0.05) is 24.0 Å². The quantitative estimate of drug-likeness (QED) is 0.270. The van der Waals surface area contributed by atoms with Gasteiger partial charge < -0.3 is 0 Å². The number of pyridine rings is 2. The molecule has 0 bridgehead atoms. The molecule has 168 valence electrons. The molecule has 0 fully saturated rings. The second kappa shape index (κ2) is 7.57. The maximum absolute atomic E-state index is 13.5. The summed E-state index contributed by atoms with van der Waals surface area (Å²) in [6.07, 6.45) is 1.58. The van der Waals surface area contributed by atoms with Crippen LogP contribution >= 0.6 is 0 Å². The first kappa shape index (κ1) is 20.0. The van der Waals surface area contributed by atoms with Gasteiger partial charge in [-0.2, -0.15) is 0 Å². The van der Waals surface area contributed by atoms with Gasteiger partial charge in [-0.25, -0.2) is 18.7 Å². The highest BCUT2D eigenvalue weighted by Crippen LogP contribution is 2.49. The van der Waals surface area contributed by atoms with Crippen LogP contribution in [-0.4, -0.2) is 9.97 Å². The molecule has 3 nitrogen and oxygen atoms in total. The molecule has 0 spiro atoms. The van der Waals surface area contributed by atoms with Crippen LogP contribution < -0.4 is 4.90 Å². The number of hydrogen-bond acceptors (Lipinski definition) is 3. The Balaban J connectivity index is 1.43. The maximum Gasteiger partial charge on any atom is 0.143 e. The molecule has 4 heterocycles. The Hall–Kier alpha value is -4.38. The van der Waals surface area contributed by atoms with Crippen LogP contribution in [0.15, 0.2) is 91.0 Å². The Morgan fingerprint density at radius 3 is 1.43 bits per heavy atom. The number of para-hydroxylation sites is 1. The fourth-order valence-electron chi connectivity index (χ4n) is 5.12. The molecule has 0 unspecified atom stereocenters. The second-order valence-electron chi connectivity index (χ2n) is 8.99. The Kier molecular flexibility index (Phi) is 4.33. The van der Waals surface area contributed by atoms with Crippen LogP contribution in [0, 0.1) is 11.6 Å². The summed E-state index contributed by atoms with van der Waals surface area (Å²) >= 11 is 0. The van der Waals surface area contributed by atoms with E-state index in [0.29, 0.717) is 0 Å². The van der Waals surface area contributed by atoms with Crippen molar-refractivity contribution >= 4 is 17.3 Å². The average molecular weight is 459 g/mol. The summed E-state index contributed by atoms with van der Waals surface area (Å²) in [5, 5.41) is 0. The monoisotopic (exact) mass is 459 g/mol. The van der Waals surface area contributed by atoms with E-state index in [4.69, 9.17) is 9.97 Å². The van der Waals surface area contributed by atoms with Crippen molar-refractivity contribution in [2.75, 3.05) is 4.90 Å². The number of nitrogens with zero attached hydrogens (tertiary/aromatic N) is 3. The van der Waals surface area contributed by atoms with E-state index in [1.165, 1.54) is 35.4 Å². The molecule has 5 heteroatoms. The van der Waals surface area contributed by atoms with E-state index < -0.39 is 0 Å². The number of benzene rings is 3. The largest absolute Gasteiger partial charge is 0.278 e. The molecule has 5 aromatic rings. The fourth-order valence-corrected chi connectivity index (χ4v) is 5.12. The zero-order valence-corrected chi connectivity index (χ0v) is 18.7. The molecule has 0 aliphatic carbocycles. The Morgan fingerprint density at radius 1 is 0.514 bits per heavy atom. The van der Waals surface area contributed by atoms with E-state index in [-0.39, 0.29) is 11.6 Å². The molecular weight excluding hydrogens is 440 g/mol. The molecule has 7 rings (SSSR count). The molecule has 2 aromatic heterocycles. The van der Waals surface area contributed by atoms with Gasteiger partial charge in [0.1, 0.15) is 23.3 Å². The van der Waals surface area contributed by atoms with Gasteiger partial charge in [0.05, 0.1) is 17.1 Å². The predicted molar refractivity (Wildman–Crippen MR) is 133 cm³/mol. The van der Waals surface area contributed by atoms with Gasteiger partial charge in [0.2, 0.25) is 0 Å². The van der Waals surface area contributed by atoms with E-state index in [2.05, 4.69) is 35.2 Å². The molecule has 2 aliphatic heterocycles. The predicted octanol–water partition coefficient (Wildman–Crippen LogP) is 7.37. The molecule has 0 saturated carbocycles. The summed E-state index contributed by atoms with van der Waals surface area (Å²) in [4.78, 5) is 12.3. The Bertz CT molecular complexity index is 1490. The number of halogens is 2. The highest BCUT2D eigenvalue weighted by atomic mass is 19.1. The molecule has 0 amide bonds. The number of rotatable bonds is 2. The molecule has 0 atom stereocenters. The van der Waals surface area contributed by atoms with E-state index in [1.54, 1.807) is 24.3 Å². The molecule has 2 aliphatic rings. The summed E-state index contributed by atoms with van der Waals surface area (Å²) in [6, 6.07) is 27.5. The van der Waals surface area contributed by atoms with Crippen LogP contribution in [-0.2, 0) is 12.8 Å². The van der Waals surface area contributed by atoms with Crippen LogP contribution in [0.25, 0.3) is 22.5 Å². The number of aromatic nitrogens is 2. The van der Waals surface area contributed by atoms with E-state index in [0.717, 1.165) is 63.8 Å². The third-order valence-corrected chi connectivity index (χ3v) is 6.80. The van der Waals surface area contributed by atoms with Crippen LogP contribution in [0.5, 0.6) is 0 Å². The van der Waals surface area contributed by atoms with E-state index in [1.807, 2.05) is 12.1 Å². The van der Waals surface area contributed by atoms with Crippen molar-refractivity contribution < 1.29 is 8.78 Å². The third kappa shape index (κ3) is 3.23.